The van der Waals surface area contributed by atoms with E-state index in [2.05, 4.69) is 16.8 Å². The van der Waals surface area contributed by atoms with Crippen LogP contribution in [0.5, 0.6) is 5.75 Å². The number of aromatic nitrogens is 2. The van der Waals surface area contributed by atoms with Crippen LogP contribution in [0.1, 0.15) is 11.1 Å². The van der Waals surface area contributed by atoms with Crippen LogP contribution in [0.4, 0.5) is 0 Å². The van der Waals surface area contributed by atoms with Crippen molar-refractivity contribution in [2.75, 3.05) is 13.7 Å². The SMILES string of the molecule is COc1ccc(C#CCN)cc1Cn1cccnc1=O. The molecule has 5 nitrogen and oxygen atoms in total. The van der Waals surface area contributed by atoms with E-state index < -0.39 is 0 Å². The van der Waals surface area contributed by atoms with Crippen LogP contribution in [0.15, 0.2) is 41.5 Å². The number of nitrogens with zero attached hydrogens (tertiary/aromatic N) is 2. The molecule has 2 rings (SSSR count). The first-order valence-corrected chi connectivity index (χ1v) is 6.12. The highest BCUT2D eigenvalue weighted by Crippen LogP contribution is 2.20. The van der Waals surface area contributed by atoms with Crippen molar-refractivity contribution >= 4 is 0 Å². The maximum absolute atomic E-state index is 11.6. The number of nitrogens with two attached hydrogens (primary N) is 1. The molecule has 5 heteroatoms. The fourth-order valence-electron chi connectivity index (χ4n) is 1.82. The zero-order valence-corrected chi connectivity index (χ0v) is 11.2. The maximum atomic E-state index is 11.6. The van der Waals surface area contributed by atoms with Gasteiger partial charge in [0.1, 0.15) is 5.75 Å². The van der Waals surface area contributed by atoms with Crippen LogP contribution in [0.2, 0.25) is 0 Å². The van der Waals surface area contributed by atoms with Crippen LogP contribution in [0.3, 0.4) is 0 Å². The third-order valence-corrected chi connectivity index (χ3v) is 2.74. The summed E-state index contributed by atoms with van der Waals surface area (Å²) in [4.78, 5) is 15.4. The summed E-state index contributed by atoms with van der Waals surface area (Å²) in [7, 11) is 1.59. The first-order valence-electron chi connectivity index (χ1n) is 6.12. The van der Waals surface area contributed by atoms with E-state index in [1.807, 2.05) is 18.2 Å². The monoisotopic (exact) mass is 269 g/mol. The maximum Gasteiger partial charge on any atom is 0.347 e. The number of methoxy groups -OCH3 is 1. The van der Waals surface area contributed by atoms with Crippen molar-refractivity contribution in [3.63, 3.8) is 0 Å². The highest BCUT2D eigenvalue weighted by atomic mass is 16.5. The lowest BCUT2D eigenvalue weighted by molar-refractivity contribution is 0.408. The van der Waals surface area contributed by atoms with Gasteiger partial charge in [0.15, 0.2) is 0 Å². The van der Waals surface area contributed by atoms with E-state index in [9.17, 15) is 4.79 Å². The standard InChI is InChI=1S/C15H15N3O2/c1-20-14-6-5-12(4-2-7-16)10-13(14)11-18-9-3-8-17-15(18)19/h3,5-6,8-10H,7,11,16H2,1H3. The molecule has 0 aliphatic heterocycles. The van der Waals surface area contributed by atoms with E-state index in [4.69, 9.17) is 10.5 Å². The minimum Gasteiger partial charge on any atom is -0.496 e. The number of rotatable bonds is 3. The second-order valence-electron chi connectivity index (χ2n) is 4.06. The topological polar surface area (TPSA) is 70.1 Å². The molecule has 0 amide bonds. The Labute approximate surface area is 117 Å². The quantitative estimate of drug-likeness (QED) is 0.829. The van der Waals surface area contributed by atoms with Crippen LogP contribution in [-0.4, -0.2) is 23.2 Å². The van der Waals surface area contributed by atoms with E-state index in [-0.39, 0.29) is 5.69 Å². The molecule has 20 heavy (non-hydrogen) atoms. The van der Waals surface area contributed by atoms with Gasteiger partial charge in [-0.15, -0.1) is 0 Å². The lowest BCUT2D eigenvalue weighted by Crippen LogP contribution is -2.22. The molecule has 0 fully saturated rings. The average Bonchev–Trinajstić information content (AvgIpc) is 2.48. The fourth-order valence-corrected chi connectivity index (χ4v) is 1.82. The van der Waals surface area contributed by atoms with Gasteiger partial charge in [0.05, 0.1) is 20.2 Å². The number of ether oxygens (including phenoxy) is 1. The molecule has 0 radical (unpaired) electrons. The Balaban J connectivity index is 2.38. The third kappa shape index (κ3) is 3.25. The molecule has 1 aromatic heterocycles. The zero-order valence-electron chi connectivity index (χ0n) is 11.2. The molecule has 1 heterocycles. The Morgan fingerprint density at radius 1 is 1.45 bits per heavy atom. The van der Waals surface area contributed by atoms with Gasteiger partial charge < -0.3 is 10.5 Å². The summed E-state index contributed by atoms with van der Waals surface area (Å²) in [5, 5.41) is 0. The molecule has 0 aliphatic rings. The summed E-state index contributed by atoms with van der Waals surface area (Å²) >= 11 is 0. The molecule has 2 N–H and O–H groups in total. The average molecular weight is 269 g/mol. The number of hydrogen-bond acceptors (Lipinski definition) is 4. The minimum atomic E-state index is -0.298. The number of benzene rings is 1. The van der Waals surface area contributed by atoms with Crippen LogP contribution < -0.4 is 16.2 Å². The van der Waals surface area contributed by atoms with Crippen molar-refractivity contribution < 1.29 is 4.74 Å². The molecule has 0 bridgehead atoms. The van der Waals surface area contributed by atoms with Crippen LogP contribution in [0.25, 0.3) is 0 Å². The lowest BCUT2D eigenvalue weighted by Gasteiger charge is -2.10. The second kappa shape index (κ2) is 6.55. The molecule has 0 unspecified atom stereocenters. The third-order valence-electron chi connectivity index (χ3n) is 2.74. The molecule has 0 saturated carbocycles. The highest BCUT2D eigenvalue weighted by molar-refractivity contribution is 5.44. The summed E-state index contributed by atoms with van der Waals surface area (Å²) in [5.41, 5.74) is 6.77. The first-order chi connectivity index (χ1) is 9.74. The van der Waals surface area contributed by atoms with Gasteiger partial charge in [-0.1, -0.05) is 11.8 Å². The molecule has 2 aromatic rings. The smallest absolute Gasteiger partial charge is 0.347 e. The Morgan fingerprint density at radius 2 is 2.30 bits per heavy atom. The Kier molecular flexibility index (Phi) is 4.53. The highest BCUT2D eigenvalue weighted by Gasteiger charge is 2.06. The van der Waals surface area contributed by atoms with Gasteiger partial charge in [0, 0.05) is 23.5 Å². The first kappa shape index (κ1) is 13.8. The Hall–Kier alpha value is -2.58. The number of hydrogen-bond donors (Lipinski definition) is 1. The summed E-state index contributed by atoms with van der Waals surface area (Å²) in [6.45, 7) is 0.692. The van der Waals surface area contributed by atoms with Crippen LogP contribution >= 0.6 is 0 Å². The fraction of sp³-hybridized carbons (Fsp3) is 0.200. The van der Waals surface area contributed by atoms with Gasteiger partial charge in [-0.2, -0.15) is 0 Å². The summed E-state index contributed by atoms with van der Waals surface area (Å²) < 4.78 is 6.82. The van der Waals surface area contributed by atoms with Gasteiger partial charge in [0.2, 0.25) is 0 Å². The van der Waals surface area contributed by atoms with E-state index >= 15 is 0 Å². The molecule has 0 atom stereocenters. The van der Waals surface area contributed by atoms with Crippen molar-refractivity contribution in [1.29, 1.82) is 0 Å². The largest absolute Gasteiger partial charge is 0.496 e. The van der Waals surface area contributed by atoms with Crippen LogP contribution in [0, 0.1) is 11.8 Å². The minimum absolute atomic E-state index is 0.298. The predicted molar refractivity (Wildman–Crippen MR) is 76.5 cm³/mol. The van der Waals surface area contributed by atoms with E-state index in [0.29, 0.717) is 18.8 Å². The molecular weight excluding hydrogens is 254 g/mol. The molecule has 0 aliphatic carbocycles. The van der Waals surface area contributed by atoms with Crippen molar-refractivity contribution in [2.45, 2.75) is 6.54 Å². The van der Waals surface area contributed by atoms with E-state index in [1.54, 1.807) is 19.4 Å². The van der Waals surface area contributed by atoms with Gasteiger partial charge in [-0.3, -0.25) is 4.57 Å². The Morgan fingerprint density at radius 3 is 3.00 bits per heavy atom. The van der Waals surface area contributed by atoms with Gasteiger partial charge in [-0.05, 0) is 24.3 Å². The normalized spacial score (nSPS) is 9.70. The molecule has 0 saturated heterocycles. The van der Waals surface area contributed by atoms with Crippen LogP contribution in [-0.2, 0) is 6.54 Å². The molecule has 102 valence electrons. The van der Waals surface area contributed by atoms with Crippen molar-refractivity contribution in [2.24, 2.45) is 5.73 Å². The second-order valence-corrected chi connectivity index (χ2v) is 4.06. The summed E-state index contributed by atoms with van der Waals surface area (Å²) in [5.74, 6) is 6.47. The summed E-state index contributed by atoms with van der Waals surface area (Å²) in [6, 6.07) is 7.29. The lowest BCUT2D eigenvalue weighted by atomic mass is 10.1. The Bertz CT molecular complexity index is 711. The van der Waals surface area contributed by atoms with Crippen molar-refractivity contribution in [3.05, 3.63) is 58.3 Å². The molecule has 1 aromatic carbocycles. The van der Waals surface area contributed by atoms with E-state index in [1.165, 1.54) is 10.8 Å². The predicted octanol–water partition coefficient (Wildman–Crippen LogP) is 0.610. The summed E-state index contributed by atoms with van der Waals surface area (Å²) in [6.07, 6.45) is 3.16. The van der Waals surface area contributed by atoms with Crippen molar-refractivity contribution in [1.82, 2.24) is 9.55 Å². The van der Waals surface area contributed by atoms with Gasteiger partial charge in [0.25, 0.3) is 0 Å². The molecule has 0 spiro atoms. The zero-order chi connectivity index (χ0) is 14.4. The van der Waals surface area contributed by atoms with Gasteiger partial charge >= 0.3 is 5.69 Å². The van der Waals surface area contributed by atoms with Gasteiger partial charge in [-0.25, -0.2) is 9.78 Å². The van der Waals surface area contributed by atoms with E-state index in [0.717, 1.165) is 11.1 Å². The van der Waals surface area contributed by atoms with Crippen molar-refractivity contribution in [3.8, 4) is 17.6 Å². The molecular formula is C15H15N3O2.